The summed E-state index contributed by atoms with van der Waals surface area (Å²) in [4.78, 5) is 92.1. The minimum Gasteiger partial charge on any atom is -0.364 e. The number of carbonyl (C=O) groups excluding carboxylic acids is 7. The van der Waals surface area contributed by atoms with Crippen molar-refractivity contribution in [1.29, 1.82) is 0 Å². The lowest BCUT2D eigenvalue weighted by Crippen LogP contribution is -2.61. The molecule has 0 saturated carbocycles. The molecule has 744 valence electrons. The molecule has 6 fully saturated rings. The van der Waals surface area contributed by atoms with Crippen molar-refractivity contribution in [2.24, 2.45) is 11.5 Å². The maximum Gasteiger partial charge on any atom is 0.352 e. The molecule has 42 heteroatoms. The molecular formula is C96H101F19N12O9S2. The van der Waals surface area contributed by atoms with Crippen molar-refractivity contribution in [2.75, 3.05) is 60.0 Å². The van der Waals surface area contributed by atoms with E-state index in [1.807, 2.05) is 0 Å². The molecule has 6 heterocycles. The largest absolute Gasteiger partial charge is 0.364 e. The van der Waals surface area contributed by atoms with Gasteiger partial charge in [-0.25, -0.2) is 57.7 Å². The summed E-state index contributed by atoms with van der Waals surface area (Å²) in [6, 6.07) is 20.4. The van der Waals surface area contributed by atoms with Crippen molar-refractivity contribution in [3.8, 4) is 0 Å². The average Bonchev–Trinajstić information content (AvgIpc) is 0.764. The van der Waals surface area contributed by atoms with Crippen LogP contribution < -0.4 is 42.2 Å². The number of benzene rings is 8. The second kappa shape index (κ2) is 42.1. The van der Waals surface area contributed by atoms with Crippen molar-refractivity contribution in [2.45, 2.75) is 195 Å². The summed E-state index contributed by atoms with van der Waals surface area (Å²) >= 11 is 0. The number of amides is 7. The predicted octanol–water partition coefficient (Wildman–Crippen LogP) is 17.5. The molecule has 6 saturated heterocycles. The van der Waals surface area contributed by atoms with Crippen molar-refractivity contribution in [1.82, 2.24) is 29.0 Å². The van der Waals surface area contributed by atoms with Crippen LogP contribution in [0.15, 0.2) is 158 Å². The molecule has 7 unspecified atom stereocenters. The number of aryl methyl sites for hydroxylation is 4. The van der Waals surface area contributed by atoms with E-state index in [0.29, 0.717) is 85.0 Å². The number of allylic oxidation sites excluding steroid dienone is 1. The second-order valence-corrected chi connectivity index (χ2v) is 40.2. The molecule has 0 aliphatic carbocycles. The van der Waals surface area contributed by atoms with Gasteiger partial charge in [-0.1, -0.05) is 6.58 Å². The zero-order valence-electron chi connectivity index (χ0n) is 75.5. The second-order valence-electron chi connectivity index (χ2n) is 35.7. The quantitative estimate of drug-likeness (QED) is 0.0246. The molecule has 8 aromatic carbocycles. The Kier molecular flexibility index (Phi) is 32.5. The Morgan fingerprint density at radius 2 is 0.681 bits per heavy atom. The number of carbonyl (C=O) groups is 7. The first-order chi connectivity index (χ1) is 64.2. The fourth-order valence-corrected chi connectivity index (χ4v) is 19.3. The van der Waals surface area contributed by atoms with Crippen LogP contribution in [0, 0.1) is 74.2 Å². The van der Waals surface area contributed by atoms with Crippen molar-refractivity contribution in [3.63, 3.8) is 0 Å². The first-order valence-electron chi connectivity index (χ1n) is 43.3. The standard InChI is InChI=1S/C26H29F4N3O3S.C25H27F4N3O.C23H23F6N3O3S.C22H22F5N3O2/c1-15-11-17(8-10-22(15)27)31-24(34)16-7-9-23(28)21(12-16)26(29,30)25(35)33-19-5-4-6-20(33)14-18(13-19)32-37(2,3)36;1-14-10-18(7-9-22(14)26)31-24(33)16-6-8-23(27)21(11-16)25(28,29)15(2)32-19-4-3-5-20(32)13-17(30)12-19;1-13-10-15(5-7-17(13)24)30-20(33)14-4-6-18(25)16(11-14)23(28,29)21(34)32-9-8-19(22(26,27)12-32)31-36(2,3)35;1-12-9-14(4-6-16(12)23)29-19(31)13-3-5-17(24)15(10-13)22(26,27)20(32)30-8-7-18(28)21(2,25)11-30/h7-12,18-20H,2,4-6,13-14H2,1,3H3,(H,31,34)(H,32,36);6-11,17,19-20H,2-5,12-13,30H2,1H3,(H,31,33);4-7,10-11,19H,2,8-9,12H2,1,3H3,(H,30,33)(H,31,35);3-6,9-10,18H,7-8,11,28H2,1-2H3,(H,29,31)/t18?,19-,20+,37?;17?,19-,20+;;. The number of nitrogens with two attached hydrogens (primary N) is 2. The van der Waals surface area contributed by atoms with Crippen LogP contribution in [0.5, 0.6) is 0 Å². The summed E-state index contributed by atoms with van der Waals surface area (Å²) in [5, 5.41) is 9.75. The van der Waals surface area contributed by atoms with Crippen LogP contribution in [-0.2, 0) is 57.5 Å². The van der Waals surface area contributed by atoms with Gasteiger partial charge in [-0.3, -0.25) is 42.0 Å². The van der Waals surface area contributed by atoms with Gasteiger partial charge in [0.15, 0.2) is 0 Å². The highest BCUT2D eigenvalue weighted by atomic mass is 32.2. The van der Waals surface area contributed by atoms with Crippen LogP contribution >= 0.6 is 0 Å². The van der Waals surface area contributed by atoms with Crippen LogP contribution in [0.4, 0.5) is 106 Å². The molecule has 21 nitrogen and oxygen atoms in total. The fraction of sp³-hybridized carbons (Fsp3) is 0.385. The summed E-state index contributed by atoms with van der Waals surface area (Å²) in [5.41, 5.74) is 5.08. The molecule has 4 bridgehead atoms. The molecule has 7 amide bonds. The Balaban J connectivity index is 0.000000177. The van der Waals surface area contributed by atoms with E-state index in [4.69, 9.17) is 11.5 Å². The van der Waals surface area contributed by atoms with Crippen molar-refractivity contribution in [3.05, 3.63) is 271 Å². The molecule has 10 N–H and O–H groups in total. The van der Waals surface area contributed by atoms with E-state index in [9.17, 15) is 99.1 Å². The number of nitrogens with zero attached hydrogens (tertiary/aromatic N) is 4. The van der Waals surface area contributed by atoms with Gasteiger partial charge in [-0.2, -0.15) is 35.1 Å². The molecule has 8 aromatic rings. The van der Waals surface area contributed by atoms with Gasteiger partial charge in [0.25, 0.3) is 47.3 Å². The minimum absolute atomic E-state index is 0.0309. The number of hydrogen-bond donors (Lipinski definition) is 8. The summed E-state index contributed by atoms with van der Waals surface area (Å²) < 4.78 is 306. The maximum absolute atomic E-state index is 15.6. The first kappa shape index (κ1) is 107. The van der Waals surface area contributed by atoms with Gasteiger partial charge >= 0.3 is 23.7 Å². The van der Waals surface area contributed by atoms with Crippen LogP contribution in [0.2, 0.25) is 0 Å². The number of halogens is 19. The molecule has 6 aliphatic rings. The monoisotopic (exact) mass is 1990 g/mol. The van der Waals surface area contributed by atoms with Crippen LogP contribution in [0.1, 0.15) is 170 Å². The van der Waals surface area contributed by atoms with Crippen LogP contribution in [0.3, 0.4) is 0 Å². The molecule has 0 aromatic heterocycles. The number of piperidine rings is 6. The van der Waals surface area contributed by atoms with E-state index in [2.05, 4.69) is 49.0 Å². The Bertz CT molecular complexity index is 6230. The molecular weight excluding hydrogens is 1890 g/mol. The van der Waals surface area contributed by atoms with Crippen LogP contribution in [-0.4, -0.2) is 180 Å². The van der Waals surface area contributed by atoms with Gasteiger partial charge in [0, 0.05) is 132 Å². The van der Waals surface area contributed by atoms with E-state index < -0.39 is 226 Å². The molecule has 138 heavy (non-hydrogen) atoms. The number of nitrogens with one attached hydrogen (secondary N) is 6. The van der Waals surface area contributed by atoms with Crippen LogP contribution in [0.25, 0.3) is 0 Å². The van der Waals surface area contributed by atoms with Crippen molar-refractivity contribution >= 4 is 95.3 Å². The summed E-state index contributed by atoms with van der Waals surface area (Å²) in [6.07, 6.45) is 8.04. The number of hydrogen-bond acceptors (Lipinski definition) is 12. The zero-order chi connectivity index (χ0) is 102. The van der Waals surface area contributed by atoms with E-state index >= 15 is 26.3 Å². The fourth-order valence-electron chi connectivity index (χ4n) is 17.5. The lowest BCUT2D eigenvalue weighted by molar-refractivity contribution is -0.170. The third-order valence-corrected chi connectivity index (χ3v) is 26.2. The molecule has 6 aliphatic heterocycles. The highest BCUT2D eigenvalue weighted by Crippen LogP contribution is 2.48. The van der Waals surface area contributed by atoms with Gasteiger partial charge in [-0.05, 0) is 291 Å². The number of rotatable bonds is 21. The summed E-state index contributed by atoms with van der Waals surface area (Å²) in [6.45, 7) is 7.91. The SMILES string of the molecule is C=C(N1[C@@H]2CCC[C@H]1CC(N)C2)C(F)(F)c1cc(C(=O)Nc2ccc(F)c(C)c2)ccc1F.C=S(C)(=O)NC1CCN(C(=O)C(F)(F)c2cc(C(=O)Nc3ccc(F)c(C)c3)ccc2F)CC1(F)F.C=S(C)(=O)NC1C[C@H]2CCC[C@@H](C1)N2C(=O)C(F)(F)c1cc(C(=O)Nc2ccc(F)c(C)c2)ccc1F.Cc1cc(NC(=O)c2ccc(F)c(C(F)(F)C(=O)N3CCC(N)C(C)(F)C3)c2)ccc1F. The maximum atomic E-state index is 15.6. The van der Waals surface area contributed by atoms with E-state index in [0.717, 1.165) is 104 Å². The molecule has 0 radical (unpaired) electrons. The molecule has 0 spiro atoms. The Morgan fingerprint density at radius 1 is 0.391 bits per heavy atom. The first-order valence-corrected chi connectivity index (χ1v) is 47.6. The van der Waals surface area contributed by atoms with E-state index in [-0.39, 0.29) is 92.5 Å². The summed E-state index contributed by atoms with van der Waals surface area (Å²) in [5.74, 6) is -29.7. The van der Waals surface area contributed by atoms with Gasteiger partial charge in [0.05, 0.1) is 47.1 Å². The Morgan fingerprint density at radius 3 is 0.986 bits per heavy atom. The average molecular weight is 1990 g/mol. The van der Waals surface area contributed by atoms with Crippen molar-refractivity contribution < 1.29 is 125 Å². The van der Waals surface area contributed by atoms with E-state index in [1.54, 1.807) is 4.90 Å². The Hall–Kier alpha value is -11.9. The Labute approximate surface area is 783 Å². The minimum atomic E-state index is -4.58. The highest BCUT2D eigenvalue weighted by molar-refractivity contribution is 7.98. The third-order valence-electron chi connectivity index (χ3n) is 24.6. The van der Waals surface area contributed by atoms with Gasteiger partial charge in [0.1, 0.15) is 52.2 Å². The highest BCUT2D eigenvalue weighted by Gasteiger charge is 2.56. The predicted molar refractivity (Wildman–Crippen MR) is 486 cm³/mol. The van der Waals surface area contributed by atoms with Gasteiger partial charge in [-0.15, -0.1) is 0 Å². The third kappa shape index (κ3) is 25.0. The lowest BCUT2D eigenvalue weighted by Gasteiger charge is -2.51. The van der Waals surface area contributed by atoms with E-state index in [1.165, 1.54) is 88.5 Å². The number of fused-ring (bicyclic) bond motifs is 4. The molecule has 11 atom stereocenters. The van der Waals surface area contributed by atoms with Gasteiger partial charge in [0.2, 0.25) is 0 Å². The number of alkyl halides is 11. The normalized spacial score (nSPS) is 21.7. The topological polar surface area (TPSA) is 291 Å². The summed E-state index contributed by atoms with van der Waals surface area (Å²) in [7, 11) is -5.55. The zero-order valence-corrected chi connectivity index (χ0v) is 77.2. The number of anilines is 4. The smallest absolute Gasteiger partial charge is 0.352 e. The number of likely N-dealkylation sites (tertiary alicyclic amines) is 2. The molecule has 14 rings (SSSR count). The lowest BCUT2D eigenvalue weighted by atomic mass is 9.81. The van der Waals surface area contributed by atoms with Gasteiger partial charge < -0.3 is 52.3 Å².